The van der Waals surface area contributed by atoms with E-state index in [9.17, 15) is 4.79 Å². The highest BCUT2D eigenvalue weighted by molar-refractivity contribution is 6.33. The van der Waals surface area contributed by atoms with Crippen LogP contribution in [0.4, 0.5) is 11.8 Å². The summed E-state index contributed by atoms with van der Waals surface area (Å²) in [5.74, 6) is 1.90. The van der Waals surface area contributed by atoms with Crippen molar-refractivity contribution in [1.82, 2.24) is 14.9 Å². The van der Waals surface area contributed by atoms with Crippen LogP contribution in [0, 0.1) is 0 Å². The first-order valence-electron chi connectivity index (χ1n) is 11.1. The Balaban J connectivity index is 1.48. The van der Waals surface area contributed by atoms with Crippen molar-refractivity contribution in [3.8, 4) is 0 Å². The summed E-state index contributed by atoms with van der Waals surface area (Å²) in [5, 5.41) is 0.504. The minimum atomic E-state index is -0.0151. The molecule has 0 atom stereocenters. The molecule has 0 spiro atoms. The van der Waals surface area contributed by atoms with Crippen LogP contribution in [0.5, 0.6) is 0 Å². The molecule has 1 aromatic carbocycles. The van der Waals surface area contributed by atoms with Gasteiger partial charge in [0.1, 0.15) is 5.82 Å². The fourth-order valence-electron chi connectivity index (χ4n) is 4.79. The Kier molecular flexibility index (Phi) is 5.50. The minimum Gasteiger partial charge on any atom is -0.356 e. The molecule has 0 aliphatic carbocycles. The topological polar surface area (TPSA) is 52.6 Å². The van der Waals surface area contributed by atoms with Crippen molar-refractivity contribution in [2.45, 2.75) is 45.1 Å². The molecule has 0 N–H and O–H groups in total. The number of carbonyl (C=O) groups excluding carboxylic acids is 1. The largest absolute Gasteiger partial charge is 0.356 e. The van der Waals surface area contributed by atoms with Crippen LogP contribution in [0.15, 0.2) is 24.3 Å². The number of rotatable bonds is 3. The van der Waals surface area contributed by atoms with E-state index in [0.29, 0.717) is 23.7 Å². The average molecular weight is 426 g/mol. The summed E-state index contributed by atoms with van der Waals surface area (Å²) in [7, 11) is 0. The van der Waals surface area contributed by atoms with Gasteiger partial charge in [-0.15, -0.1) is 0 Å². The van der Waals surface area contributed by atoms with Crippen molar-refractivity contribution >= 4 is 29.3 Å². The number of halogens is 1. The number of amides is 1. The van der Waals surface area contributed by atoms with E-state index in [1.807, 2.05) is 17.0 Å². The van der Waals surface area contributed by atoms with Gasteiger partial charge < -0.3 is 14.7 Å². The molecule has 1 amide bonds. The highest BCUT2D eigenvalue weighted by atomic mass is 35.5. The molecule has 4 heterocycles. The Hall–Kier alpha value is -2.34. The second-order valence-corrected chi connectivity index (χ2v) is 8.88. The standard InChI is InChI=1S/C23H28ClN5O/c24-19-9-3-2-8-17(19)22(30)29-15-10-20-18(16-29)21(27-11-6-7-12-27)26-23(25-20)28-13-4-1-5-14-28/h2-3,8-9H,1,4-7,10-16H2. The highest BCUT2D eigenvalue weighted by Crippen LogP contribution is 2.32. The molecule has 2 fully saturated rings. The Morgan fingerprint density at radius 2 is 1.57 bits per heavy atom. The molecule has 0 bridgehead atoms. The van der Waals surface area contributed by atoms with Crippen LogP contribution in [0.3, 0.4) is 0 Å². The van der Waals surface area contributed by atoms with E-state index in [4.69, 9.17) is 21.6 Å². The van der Waals surface area contributed by atoms with Crippen LogP contribution in [-0.2, 0) is 13.0 Å². The van der Waals surface area contributed by atoms with E-state index in [2.05, 4.69) is 9.80 Å². The van der Waals surface area contributed by atoms with E-state index < -0.39 is 0 Å². The molecule has 30 heavy (non-hydrogen) atoms. The maximum atomic E-state index is 13.2. The molecule has 5 rings (SSSR count). The number of aromatic nitrogens is 2. The van der Waals surface area contributed by atoms with Crippen molar-refractivity contribution < 1.29 is 4.79 Å². The molecule has 158 valence electrons. The number of anilines is 2. The van der Waals surface area contributed by atoms with Gasteiger partial charge in [0.15, 0.2) is 0 Å². The molecule has 3 aliphatic heterocycles. The zero-order valence-electron chi connectivity index (χ0n) is 17.3. The van der Waals surface area contributed by atoms with Crippen LogP contribution in [0.1, 0.15) is 53.7 Å². The van der Waals surface area contributed by atoms with E-state index in [0.717, 1.165) is 55.6 Å². The number of carbonyl (C=O) groups is 1. The van der Waals surface area contributed by atoms with Crippen molar-refractivity contribution in [2.24, 2.45) is 0 Å². The van der Waals surface area contributed by atoms with Crippen LogP contribution in [0.25, 0.3) is 0 Å². The van der Waals surface area contributed by atoms with E-state index in [-0.39, 0.29) is 5.91 Å². The first-order chi connectivity index (χ1) is 14.7. The molecule has 7 heteroatoms. The van der Waals surface area contributed by atoms with Gasteiger partial charge in [-0.25, -0.2) is 4.98 Å². The second-order valence-electron chi connectivity index (χ2n) is 8.47. The SMILES string of the molecule is O=C(c1ccccc1Cl)N1CCc2nc(N3CCCCC3)nc(N3CCCC3)c2C1. The fourth-order valence-corrected chi connectivity index (χ4v) is 5.00. The van der Waals surface area contributed by atoms with Gasteiger partial charge in [-0.3, -0.25) is 4.79 Å². The lowest BCUT2D eigenvalue weighted by Crippen LogP contribution is -2.39. The molecule has 6 nitrogen and oxygen atoms in total. The third-order valence-electron chi connectivity index (χ3n) is 6.46. The van der Waals surface area contributed by atoms with Crippen LogP contribution < -0.4 is 9.80 Å². The van der Waals surface area contributed by atoms with Gasteiger partial charge in [-0.1, -0.05) is 23.7 Å². The number of hydrogen-bond acceptors (Lipinski definition) is 5. The average Bonchev–Trinajstić information content (AvgIpc) is 3.33. The highest BCUT2D eigenvalue weighted by Gasteiger charge is 2.30. The molecule has 2 saturated heterocycles. The Bertz CT molecular complexity index is 937. The van der Waals surface area contributed by atoms with E-state index in [1.165, 1.54) is 32.1 Å². The Morgan fingerprint density at radius 1 is 0.867 bits per heavy atom. The number of benzene rings is 1. The number of piperidine rings is 1. The van der Waals surface area contributed by atoms with Gasteiger partial charge in [0.25, 0.3) is 5.91 Å². The van der Waals surface area contributed by atoms with E-state index in [1.54, 1.807) is 12.1 Å². The zero-order valence-corrected chi connectivity index (χ0v) is 18.1. The molecular weight excluding hydrogens is 398 g/mol. The first-order valence-corrected chi connectivity index (χ1v) is 11.5. The van der Waals surface area contributed by atoms with Crippen molar-refractivity contribution in [1.29, 1.82) is 0 Å². The maximum absolute atomic E-state index is 13.2. The van der Waals surface area contributed by atoms with Gasteiger partial charge in [0, 0.05) is 44.7 Å². The fraction of sp³-hybridized carbons (Fsp3) is 0.522. The van der Waals surface area contributed by atoms with Crippen molar-refractivity contribution in [2.75, 3.05) is 42.5 Å². The summed E-state index contributed by atoms with van der Waals surface area (Å²) >= 11 is 6.29. The lowest BCUT2D eigenvalue weighted by molar-refractivity contribution is 0.0734. The maximum Gasteiger partial charge on any atom is 0.255 e. The van der Waals surface area contributed by atoms with E-state index >= 15 is 0 Å². The summed E-state index contributed by atoms with van der Waals surface area (Å²) < 4.78 is 0. The number of nitrogens with zero attached hydrogens (tertiary/aromatic N) is 5. The summed E-state index contributed by atoms with van der Waals surface area (Å²) in [5.41, 5.74) is 2.79. The molecule has 1 aromatic heterocycles. The Morgan fingerprint density at radius 3 is 2.33 bits per heavy atom. The van der Waals surface area contributed by atoms with Crippen molar-refractivity contribution in [3.63, 3.8) is 0 Å². The Labute approximate surface area is 182 Å². The van der Waals surface area contributed by atoms with Gasteiger partial charge in [-0.05, 0) is 44.2 Å². The van der Waals surface area contributed by atoms with Gasteiger partial charge >= 0.3 is 0 Å². The normalized spacial score (nSPS) is 19.2. The molecule has 0 saturated carbocycles. The minimum absolute atomic E-state index is 0.0151. The number of fused-ring (bicyclic) bond motifs is 1. The third-order valence-corrected chi connectivity index (χ3v) is 6.79. The predicted molar refractivity (Wildman–Crippen MR) is 119 cm³/mol. The molecule has 2 aromatic rings. The molecule has 0 unspecified atom stereocenters. The van der Waals surface area contributed by atoms with Crippen LogP contribution in [0.2, 0.25) is 5.02 Å². The summed E-state index contributed by atoms with van der Waals surface area (Å²) in [6, 6.07) is 7.29. The first kappa shape index (κ1) is 19.6. The zero-order chi connectivity index (χ0) is 20.5. The second kappa shape index (κ2) is 8.42. The lowest BCUT2D eigenvalue weighted by Gasteiger charge is -2.34. The quantitative estimate of drug-likeness (QED) is 0.746. The summed E-state index contributed by atoms with van der Waals surface area (Å²) in [6.07, 6.45) is 6.86. The summed E-state index contributed by atoms with van der Waals surface area (Å²) in [6.45, 7) is 5.34. The third kappa shape index (κ3) is 3.73. The van der Waals surface area contributed by atoms with Crippen LogP contribution in [-0.4, -0.2) is 53.5 Å². The molecule has 0 radical (unpaired) electrons. The molecule has 3 aliphatic rings. The van der Waals surface area contributed by atoms with Gasteiger partial charge in [0.2, 0.25) is 5.95 Å². The van der Waals surface area contributed by atoms with Crippen molar-refractivity contribution in [3.05, 3.63) is 46.1 Å². The lowest BCUT2D eigenvalue weighted by atomic mass is 10.0. The molecular formula is C23H28ClN5O. The number of hydrogen-bond donors (Lipinski definition) is 0. The predicted octanol–water partition coefficient (Wildman–Crippen LogP) is 3.92. The van der Waals surface area contributed by atoms with Gasteiger partial charge in [0.05, 0.1) is 22.8 Å². The van der Waals surface area contributed by atoms with Crippen LogP contribution >= 0.6 is 11.6 Å². The smallest absolute Gasteiger partial charge is 0.255 e. The monoisotopic (exact) mass is 425 g/mol. The summed E-state index contributed by atoms with van der Waals surface area (Å²) in [4.78, 5) is 29.8. The van der Waals surface area contributed by atoms with Gasteiger partial charge in [-0.2, -0.15) is 4.98 Å².